The molecule has 0 saturated carbocycles. The summed E-state index contributed by atoms with van der Waals surface area (Å²) in [7, 11) is 1.49. The number of aromatic nitrogens is 1. The number of hydrogen-bond donors (Lipinski definition) is 1. The van der Waals surface area contributed by atoms with Crippen LogP contribution in [0.2, 0.25) is 0 Å². The van der Waals surface area contributed by atoms with E-state index in [1.807, 2.05) is 0 Å². The number of hydrogen-bond acceptors (Lipinski definition) is 4. The largest absolute Gasteiger partial charge is 0.495 e. The predicted molar refractivity (Wildman–Crippen MR) is 51.8 cm³/mol. The van der Waals surface area contributed by atoms with Crippen LogP contribution in [0, 0.1) is 0 Å². The minimum absolute atomic E-state index is 0.271. The van der Waals surface area contributed by atoms with Gasteiger partial charge in [-0.05, 0) is 12.1 Å². The molecule has 6 nitrogen and oxygen atoms in total. The minimum atomic E-state index is -1.10. The third-order valence-corrected chi connectivity index (χ3v) is 1.68. The Hall–Kier alpha value is -2.11. The van der Waals surface area contributed by atoms with Crippen LogP contribution in [0.15, 0.2) is 18.3 Å². The smallest absolute Gasteiger partial charge is 0.323 e. The highest BCUT2D eigenvalue weighted by Crippen LogP contribution is 2.13. The minimum Gasteiger partial charge on any atom is -0.495 e. The maximum absolute atomic E-state index is 10.6. The molecule has 80 valence electrons. The van der Waals surface area contributed by atoms with E-state index < -0.39 is 12.5 Å². The van der Waals surface area contributed by atoms with Gasteiger partial charge < -0.3 is 9.84 Å². The highest BCUT2D eigenvalue weighted by molar-refractivity contribution is 5.83. The fourth-order valence-corrected chi connectivity index (χ4v) is 0.981. The van der Waals surface area contributed by atoms with E-state index in [0.717, 1.165) is 4.90 Å². The van der Waals surface area contributed by atoms with Crippen molar-refractivity contribution in [1.82, 2.24) is 4.98 Å². The lowest BCUT2D eigenvalue weighted by molar-refractivity contribution is -0.136. The van der Waals surface area contributed by atoms with Gasteiger partial charge in [0.15, 0.2) is 0 Å². The third kappa shape index (κ3) is 2.94. The van der Waals surface area contributed by atoms with Gasteiger partial charge in [0, 0.05) is 0 Å². The van der Waals surface area contributed by atoms with Gasteiger partial charge in [-0.3, -0.25) is 14.5 Å². The highest BCUT2D eigenvalue weighted by Gasteiger charge is 2.10. The summed E-state index contributed by atoms with van der Waals surface area (Å²) in [6, 6.07) is 3.11. The first-order valence-electron chi connectivity index (χ1n) is 4.11. The van der Waals surface area contributed by atoms with Crippen molar-refractivity contribution in [2.75, 3.05) is 18.6 Å². The number of rotatable bonds is 5. The number of nitrogens with zero attached hydrogens (tertiary/aromatic N) is 2. The molecule has 0 aromatic carbocycles. The van der Waals surface area contributed by atoms with Gasteiger partial charge in [0.05, 0.1) is 13.3 Å². The number of pyridine rings is 1. The monoisotopic (exact) mass is 210 g/mol. The van der Waals surface area contributed by atoms with Crippen molar-refractivity contribution in [3.05, 3.63) is 18.3 Å². The zero-order chi connectivity index (χ0) is 11.3. The zero-order valence-electron chi connectivity index (χ0n) is 8.08. The molecule has 0 saturated heterocycles. The van der Waals surface area contributed by atoms with Gasteiger partial charge in [0.25, 0.3) is 0 Å². The fraction of sp³-hybridized carbons (Fsp3) is 0.222. The van der Waals surface area contributed by atoms with Crippen molar-refractivity contribution in [2.45, 2.75) is 0 Å². The van der Waals surface area contributed by atoms with Gasteiger partial charge >= 0.3 is 5.97 Å². The molecular weight excluding hydrogens is 200 g/mol. The molecule has 1 heterocycles. The first-order chi connectivity index (χ1) is 7.17. The van der Waals surface area contributed by atoms with Gasteiger partial charge in [-0.15, -0.1) is 0 Å². The molecule has 0 aliphatic carbocycles. The predicted octanol–water partition coefficient (Wildman–Crippen LogP) is 0.138. The van der Waals surface area contributed by atoms with E-state index in [2.05, 4.69) is 4.98 Å². The number of amides is 1. The van der Waals surface area contributed by atoms with E-state index in [4.69, 9.17) is 9.84 Å². The van der Waals surface area contributed by atoms with Crippen LogP contribution >= 0.6 is 0 Å². The van der Waals surface area contributed by atoms with Crippen LogP contribution in [0.4, 0.5) is 5.82 Å². The summed E-state index contributed by atoms with van der Waals surface area (Å²) in [5.41, 5.74) is 0. The second-order valence-corrected chi connectivity index (χ2v) is 2.68. The molecule has 0 spiro atoms. The van der Waals surface area contributed by atoms with Crippen LogP contribution in [0.3, 0.4) is 0 Å². The molecule has 0 aliphatic heterocycles. The van der Waals surface area contributed by atoms with Crippen molar-refractivity contribution >= 4 is 18.2 Å². The number of ether oxygens (including phenoxy) is 1. The second kappa shape index (κ2) is 4.94. The van der Waals surface area contributed by atoms with E-state index in [9.17, 15) is 9.59 Å². The molecule has 1 amide bonds. The first-order valence-corrected chi connectivity index (χ1v) is 4.11. The van der Waals surface area contributed by atoms with E-state index in [0.29, 0.717) is 12.2 Å². The molecular formula is C9H10N2O4. The molecule has 1 rings (SSSR count). The van der Waals surface area contributed by atoms with Crippen LogP contribution < -0.4 is 9.64 Å². The van der Waals surface area contributed by atoms with Crippen molar-refractivity contribution in [1.29, 1.82) is 0 Å². The number of methoxy groups -OCH3 is 1. The topological polar surface area (TPSA) is 79.7 Å². The van der Waals surface area contributed by atoms with Crippen LogP contribution in [0.1, 0.15) is 0 Å². The second-order valence-electron chi connectivity index (χ2n) is 2.68. The van der Waals surface area contributed by atoms with E-state index >= 15 is 0 Å². The van der Waals surface area contributed by atoms with E-state index in [1.165, 1.54) is 19.4 Å². The fourth-order valence-electron chi connectivity index (χ4n) is 0.981. The van der Waals surface area contributed by atoms with Crippen molar-refractivity contribution in [2.24, 2.45) is 0 Å². The highest BCUT2D eigenvalue weighted by atomic mass is 16.5. The van der Waals surface area contributed by atoms with Crippen LogP contribution in [-0.2, 0) is 9.59 Å². The molecule has 6 heteroatoms. The van der Waals surface area contributed by atoms with Gasteiger partial charge in [0.1, 0.15) is 18.1 Å². The third-order valence-electron chi connectivity index (χ3n) is 1.68. The molecule has 0 atom stereocenters. The molecule has 0 bridgehead atoms. The van der Waals surface area contributed by atoms with Crippen molar-refractivity contribution < 1.29 is 19.4 Å². The van der Waals surface area contributed by atoms with Gasteiger partial charge in [-0.2, -0.15) is 0 Å². The number of carbonyl (C=O) groups excluding carboxylic acids is 1. The summed E-state index contributed by atoms with van der Waals surface area (Å²) in [5, 5.41) is 8.52. The Bertz CT molecular complexity index is 350. The quantitative estimate of drug-likeness (QED) is 0.699. The Morgan fingerprint density at radius 3 is 2.80 bits per heavy atom. The van der Waals surface area contributed by atoms with E-state index in [1.54, 1.807) is 6.07 Å². The molecule has 0 unspecified atom stereocenters. The summed E-state index contributed by atoms with van der Waals surface area (Å²) in [6.07, 6.45) is 1.83. The van der Waals surface area contributed by atoms with Crippen molar-refractivity contribution in [3.63, 3.8) is 0 Å². The van der Waals surface area contributed by atoms with Crippen LogP contribution in [-0.4, -0.2) is 36.1 Å². The summed E-state index contributed by atoms with van der Waals surface area (Å²) in [6.45, 7) is -0.414. The number of carboxylic acids is 1. The molecule has 1 N–H and O–H groups in total. The van der Waals surface area contributed by atoms with Crippen LogP contribution in [0.5, 0.6) is 5.75 Å². The number of carboxylic acid groups (broad SMARTS) is 1. The molecule has 15 heavy (non-hydrogen) atoms. The van der Waals surface area contributed by atoms with Gasteiger partial charge in [-0.1, -0.05) is 0 Å². The number of anilines is 1. The maximum Gasteiger partial charge on any atom is 0.323 e. The lowest BCUT2D eigenvalue weighted by atomic mass is 10.4. The molecule has 0 radical (unpaired) electrons. The normalized spacial score (nSPS) is 9.40. The Morgan fingerprint density at radius 2 is 2.40 bits per heavy atom. The van der Waals surface area contributed by atoms with Gasteiger partial charge in [-0.25, -0.2) is 4.98 Å². The maximum atomic E-state index is 10.6. The Morgan fingerprint density at radius 1 is 1.67 bits per heavy atom. The summed E-state index contributed by atoms with van der Waals surface area (Å²) < 4.78 is 4.88. The Labute approximate surface area is 86.1 Å². The van der Waals surface area contributed by atoms with Crippen LogP contribution in [0.25, 0.3) is 0 Å². The summed E-state index contributed by atoms with van der Waals surface area (Å²) >= 11 is 0. The average Bonchev–Trinajstić information content (AvgIpc) is 2.26. The standard InChI is InChI=1S/C9H10N2O4/c1-15-7-2-3-8(10-4-7)11(6-12)5-9(13)14/h2-4,6H,5H2,1H3,(H,13,14). The Kier molecular flexibility index (Phi) is 3.61. The SMILES string of the molecule is COc1ccc(N(C=O)CC(=O)O)nc1. The number of aliphatic carboxylic acids is 1. The molecule has 1 aromatic heterocycles. The average molecular weight is 210 g/mol. The molecule has 1 aromatic rings. The van der Waals surface area contributed by atoms with Crippen molar-refractivity contribution in [3.8, 4) is 5.75 Å². The summed E-state index contributed by atoms with van der Waals surface area (Å²) in [5.74, 6) is -0.284. The van der Waals surface area contributed by atoms with E-state index in [-0.39, 0.29) is 5.82 Å². The Balaban J connectivity index is 2.82. The number of carbonyl (C=O) groups is 2. The molecule has 0 fully saturated rings. The summed E-state index contributed by atoms with van der Waals surface area (Å²) in [4.78, 5) is 25.9. The first kappa shape index (κ1) is 11.0. The zero-order valence-corrected chi connectivity index (χ0v) is 8.08. The lowest BCUT2D eigenvalue weighted by Crippen LogP contribution is -2.28. The molecule has 0 aliphatic rings. The van der Waals surface area contributed by atoms with Gasteiger partial charge in [0.2, 0.25) is 6.41 Å². The lowest BCUT2D eigenvalue weighted by Gasteiger charge is -2.13.